The van der Waals surface area contributed by atoms with E-state index in [0.717, 1.165) is 18.7 Å². The summed E-state index contributed by atoms with van der Waals surface area (Å²) in [5.74, 6) is 0.933. The zero-order chi connectivity index (χ0) is 19.3. The number of rotatable bonds is 5. The lowest BCUT2D eigenvalue weighted by Crippen LogP contribution is -2.56. The van der Waals surface area contributed by atoms with Gasteiger partial charge in [-0.2, -0.15) is 0 Å². The van der Waals surface area contributed by atoms with Gasteiger partial charge in [-0.1, -0.05) is 54.6 Å². The highest BCUT2D eigenvalue weighted by atomic mass is 32.2. The molecule has 2 aliphatic heterocycles. The Morgan fingerprint density at radius 1 is 1.07 bits per heavy atom. The van der Waals surface area contributed by atoms with E-state index >= 15 is 0 Å². The lowest BCUT2D eigenvalue weighted by atomic mass is 9.99. The minimum Gasteiger partial charge on any atom is -0.338 e. The predicted octanol–water partition coefficient (Wildman–Crippen LogP) is 2.66. The molecule has 5 nitrogen and oxygen atoms in total. The van der Waals surface area contributed by atoms with E-state index in [9.17, 15) is 9.59 Å². The highest BCUT2D eigenvalue weighted by molar-refractivity contribution is 7.99. The largest absolute Gasteiger partial charge is 0.338 e. The van der Waals surface area contributed by atoms with Crippen LogP contribution in [0.5, 0.6) is 0 Å². The maximum absolute atomic E-state index is 12.8. The molecule has 0 aliphatic carbocycles. The quantitative estimate of drug-likeness (QED) is 0.817. The van der Waals surface area contributed by atoms with Gasteiger partial charge in [0.1, 0.15) is 5.50 Å². The van der Waals surface area contributed by atoms with Gasteiger partial charge < -0.3 is 10.2 Å². The Hall–Kier alpha value is -2.31. The summed E-state index contributed by atoms with van der Waals surface area (Å²) in [6.45, 7) is 1.42. The van der Waals surface area contributed by atoms with Crippen LogP contribution in [-0.4, -0.2) is 34.8 Å². The highest BCUT2D eigenvalue weighted by Gasteiger charge is 2.30. The Morgan fingerprint density at radius 3 is 2.64 bits per heavy atom. The van der Waals surface area contributed by atoms with Gasteiger partial charge in [0, 0.05) is 37.7 Å². The van der Waals surface area contributed by atoms with E-state index in [1.165, 1.54) is 16.7 Å². The predicted molar refractivity (Wildman–Crippen MR) is 111 cm³/mol. The Labute approximate surface area is 169 Å². The molecule has 2 aromatic carbocycles. The van der Waals surface area contributed by atoms with E-state index in [4.69, 9.17) is 0 Å². The van der Waals surface area contributed by atoms with E-state index in [1.807, 2.05) is 35.2 Å². The van der Waals surface area contributed by atoms with Gasteiger partial charge in [-0.05, 0) is 23.1 Å². The molecule has 0 spiro atoms. The lowest BCUT2D eigenvalue weighted by Gasteiger charge is -2.34. The zero-order valence-corrected chi connectivity index (χ0v) is 16.6. The third-order valence-electron chi connectivity index (χ3n) is 5.27. The zero-order valence-electron chi connectivity index (χ0n) is 15.8. The van der Waals surface area contributed by atoms with Crippen LogP contribution in [0.3, 0.4) is 0 Å². The van der Waals surface area contributed by atoms with Gasteiger partial charge >= 0.3 is 0 Å². The molecule has 1 fully saturated rings. The fourth-order valence-corrected chi connectivity index (χ4v) is 4.82. The third kappa shape index (κ3) is 4.75. The number of hydrogen-bond donors (Lipinski definition) is 2. The van der Waals surface area contributed by atoms with Crippen molar-refractivity contribution in [2.75, 3.05) is 6.54 Å². The minimum absolute atomic E-state index is 0.00565. The number of carbonyl (C=O) groups excluding carboxylic acids is 2. The van der Waals surface area contributed by atoms with Gasteiger partial charge in [-0.25, -0.2) is 0 Å². The normalized spacial score (nSPS) is 21.7. The molecule has 1 saturated heterocycles. The number of nitrogens with one attached hydrogen (secondary N) is 2. The van der Waals surface area contributed by atoms with E-state index in [0.29, 0.717) is 19.4 Å². The topological polar surface area (TPSA) is 61.4 Å². The number of thioether (sulfide) groups is 1. The summed E-state index contributed by atoms with van der Waals surface area (Å²) in [6.07, 6.45) is 1.60. The Bertz CT molecular complexity index is 843. The number of fused-ring (bicyclic) bond motifs is 1. The summed E-state index contributed by atoms with van der Waals surface area (Å²) in [5.41, 5.74) is 3.61. The van der Waals surface area contributed by atoms with E-state index < -0.39 is 0 Å². The van der Waals surface area contributed by atoms with Crippen molar-refractivity contribution in [3.05, 3.63) is 71.3 Å². The minimum atomic E-state index is -0.165. The standard InChI is InChI=1S/C22H25N3O2S/c26-20-12-19(23-22(24-20)28-15-16-6-2-1-3-7-16)13-21(27)25-11-10-17-8-4-5-9-18(17)14-25/h1-9,19,22-23H,10-15H2,(H,24,26). The second kappa shape index (κ2) is 8.80. The smallest absolute Gasteiger partial charge is 0.224 e. The first kappa shape index (κ1) is 19.0. The molecule has 0 bridgehead atoms. The van der Waals surface area contributed by atoms with Crippen LogP contribution in [0, 0.1) is 0 Å². The Kier molecular flexibility index (Phi) is 5.98. The first-order valence-corrected chi connectivity index (χ1v) is 10.8. The first-order chi connectivity index (χ1) is 13.7. The monoisotopic (exact) mass is 395 g/mol. The summed E-state index contributed by atoms with van der Waals surface area (Å²) in [6, 6.07) is 18.4. The maximum Gasteiger partial charge on any atom is 0.224 e. The second-order valence-corrected chi connectivity index (χ2v) is 8.44. The molecule has 146 valence electrons. The maximum atomic E-state index is 12.8. The van der Waals surface area contributed by atoms with Gasteiger partial charge in [0.15, 0.2) is 0 Å². The molecule has 0 saturated carbocycles. The molecule has 6 heteroatoms. The van der Waals surface area contributed by atoms with Gasteiger partial charge in [-0.3, -0.25) is 14.9 Å². The van der Waals surface area contributed by atoms with Crippen molar-refractivity contribution >= 4 is 23.6 Å². The van der Waals surface area contributed by atoms with Crippen molar-refractivity contribution < 1.29 is 9.59 Å². The van der Waals surface area contributed by atoms with Crippen LogP contribution in [-0.2, 0) is 28.3 Å². The summed E-state index contributed by atoms with van der Waals surface area (Å²) >= 11 is 1.64. The molecule has 2 aromatic rings. The number of carbonyl (C=O) groups is 2. The fourth-order valence-electron chi connectivity index (χ4n) is 3.77. The Balaban J connectivity index is 1.31. The molecule has 0 radical (unpaired) electrons. The summed E-state index contributed by atoms with van der Waals surface area (Å²) in [4.78, 5) is 26.9. The highest BCUT2D eigenvalue weighted by Crippen LogP contribution is 2.22. The van der Waals surface area contributed by atoms with E-state index in [1.54, 1.807) is 11.8 Å². The van der Waals surface area contributed by atoms with Crippen molar-refractivity contribution in [1.29, 1.82) is 0 Å². The van der Waals surface area contributed by atoms with Crippen molar-refractivity contribution in [2.45, 2.75) is 43.1 Å². The molecular formula is C22H25N3O2S. The van der Waals surface area contributed by atoms with E-state index in [2.05, 4.69) is 34.9 Å². The molecule has 2 atom stereocenters. The van der Waals surface area contributed by atoms with Gasteiger partial charge in [-0.15, -0.1) is 11.8 Å². The van der Waals surface area contributed by atoms with Crippen LogP contribution in [0.1, 0.15) is 29.5 Å². The third-order valence-corrected chi connectivity index (χ3v) is 6.36. The lowest BCUT2D eigenvalue weighted by molar-refractivity contribution is -0.133. The fraction of sp³-hybridized carbons (Fsp3) is 0.364. The van der Waals surface area contributed by atoms with Crippen molar-refractivity contribution in [3.63, 3.8) is 0 Å². The number of benzene rings is 2. The number of amides is 2. The van der Waals surface area contributed by atoms with Gasteiger partial charge in [0.05, 0.1) is 0 Å². The summed E-state index contributed by atoms with van der Waals surface area (Å²) < 4.78 is 0. The van der Waals surface area contributed by atoms with E-state index in [-0.39, 0.29) is 23.4 Å². The van der Waals surface area contributed by atoms with Crippen LogP contribution in [0.25, 0.3) is 0 Å². The summed E-state index contributed by atoms with van der Waals surface area (Å²) in [5, 5.41) is 6.40. The summed E-state index contributed by atoms with van der Waals surface area (Å²) in [7, 11) is 0. The average molecular weight is 396 g/mol. The number of nitrogens with zero attached hydrogens (tertiary/aromatic N) is 1. The van der Waals surface area contributed by atoms with Crippen LogP contribution in [0.2, 0.25) is 0 Å². The average Bonchev–Trinajstić information content (AvgIpc) is 2.72. The van der Waals surface area contributed by atoms with Crippen molar-refractivity contribution in [3.8, 4) is 0 Å². The van der Waals surface area contributed by atoms with Crippen LogP contribution < -0.4 is 10.6 Å². The molecule has 2 unspecified atom stereocenters. The van der Waals surface area contributed by atoms with Crippen molar-refractivity contribution in [2.24, 2.45) is 0 Å². The molecule has 4 rings (SSSR count). The van der Waals surface area contributed by atoms with Crippen LogP contribution in [0.4, 0.5) is 0 Å². The van der Waals surface area contributed by atoms with Crippen LogP contribution >= 0.6 is 11.8 Å². The SMILES string of the molecule is O=C1CC(CC(=O)N2CCc3ccccc3C2)NC(SCc2ccccc2)N1. The first-order valence-electron chi connectivity index (χ1n) is 9.73. The molecule has 2 aliphatic rings. The molecule has 28 heavy (non-hydrogen) atoms. The molecule has 2 heterocycles. The number of hydrogen-bond acceptors (Lipinski definition) is 4. The Morgan fingerprint density at radius 2 is 1.82 bits per heavy atom. The molecule has 2 amide bonds. The molecular weight excluding hydrogens is 370 g/mol. The van der Waals surface area contributed by atoms with Gasteiger partial charge in [0.25, 0.3) is 0 Å². The second-order valence-electron chi connectivity index (χ2n) is 7.35. The van der Waals surface area contributed by atoms with Crippen LogP contribution in [0.15, 0.2) is 54.6 Å². The molecule has 0 aromatic heterocycles. The van der Waals surface area contributed by atoms with Crippen molar-refractivity contribution in [1.82, 2.24) is 15.5 Å². The van der Waals surface area contributed by atoms with Gasteiger partial charge in [0.2, 0.25) is 11.8 Å². The molecule has 2 N–H and O–H groups in total.